The lowest BCUT2D eigenvalue weighted by Gasteiger charge is -2.18. The van der Waals surface area contributed by atoms with Crippen molar-refractivity contribution in [1.82, 2.24) is 15.1 Å². The monoisotopic (exact) mass is 360 g/mol. The number of nitrogens with one attached hydrogen (secondary N) is 1. The molecule has 0 fully saturated rings. The van der Waals surface area contributed by atoms with E-state index in [-0.39, 0.29) is 5.91 Å². The van der Waals surface area contributed by atoms with Crippen LogP contribution in [0, 0.1) is 6.92 Å². The second-order valence-electron chi connectivity index (χ2n) is 6.00. The average Bonchev–Trinajstić information content (AvgIpc) is 2.85. The predicted molar refractivity (Wildman–Crippen MR) is 104 cm³/mol. The average molecular weight is 361 g/mol. The lowest BCUT2D eigenvalue weighted by molar-refractivity contribution is -0.116. The van der Waals surface area contributed by atoms with E-state index in [0.29, 0.717) is 11.7 Å². The predicted octanol–water partition coefficient (Wildman–Crippen LogP) is 3.43. The molecule has 0 spiro atoms. The Labute approximate surface area is 154 Å². The first-order valence-corrected chi connectivity index (χ1v) is 8.78. The SMILES string of the molecule is Cc1nn(C)c(Cl)c1/C=C/C(=O)NCCCCN(C)c1ccccc1. The Morgan fingerprint density at radius 1 is 1.32 bits per heavy atom. The summed E-state index contributed by atoms with van der Waals surface area (Å²) < 4.78 is 1.59. The minimum absolute atomic E-state index is 0.115. The fraction of sp³-hybridized carbons (Fsp3) is 0.368. The van der Waals surface area contributed by atoms with Gasteiger partial charge in [-0.15, -0.1) is 0 Å². The molecule has 5 nitrogen and oxygen atoms in total. The maximum Gasteiger partial charge on any atom is 0.244 e. The fourth-order valence-electron chi connectivity index (χ4n) is 2.55. The number of hydrogen-bond donors (Lipinski definition) is 1. The normalized spacial score (nSPS) is 11.0. The van der Waals surface area contributed by atoms with Gasteiger partial charge < -0.3 is 10.2 Å². The van der Waals surface area contributed by atoms with E-state index in [2.05, 4.69) is 34.5 Å². The van der Waals surface area contributed by atoms with E-state index in [9.17, 15) is 4.79 Å². The van der Waals surface area contributed by atoms with Crippen LogP contribution in [0.15, 0.2) is 36.4 Å². The van der Waals surface area contributed by atoms with Crippen LogP contribution in [-0.4, -0.2) is 35.8 Å². The Morgan fingerprint density at radius 2 is 2.04 bits per heavy atom. The van der Waals surface area contributed by atoms with Gasteiger partial charge in [-0.25, -0.2) is 0 Å². The summed E-state index contributed by atoms with van der Waals surface area (Å²) in [7, 11) is 3.86. The number of anilines is 1. The molecule has 0 saturated heterocycles. The topological polar surface area (TPSA) is 50.2 Å². The third-order valence-electron chi connectivity index (χ3n) is 4.01. The lowest BCUT2D eigenvalue weighted by Crippen LogP contribution is -2.24. The number of benzene rings is 1. The molecule has 2 aromatic rings. The minimum Gasteiger partial charge on any atom is -0.375 e. The quantitative estimate of drug-likeness (QED) is 0.579. The van der Waals surface area contributed by atoms with Crippen LogP contribution in [0.3, 0.4) is 0 Å². The van der Waals surface area contributed by atoms with E-state index in [1.165, 1.54) is 11.8 Å². The zero-order valence-corrected chi connectivity index (χ0v) is 15.8. The van der Waals surface area contributed by atoms with E-state index in [1.54, 1.807) is 17.8 Å². The van der Waals surface area contributed by atoms with Crippen molar-refractivity contribution in [2.75, 3.05) is 25.0 Å². The highest BCUT2D eigenvalue weighted by Crippen LogP contribution is 2.19. The highest BCUT2D eigenvalue weighted by molar-refractivity contribution is 6.31. The van der Waals surface area contributed by atoms with Crippen molar-refractivity contribution in [3.8, 4) is 0 Å². The summed E-state index contributed by atoms with van der Waals surface area (Å²) >= 11 is 6.14. The molecule has 134 valence electrons. The highest BCUT2D eigenvalue weighted by Gasteiger charge is 2.08. The van der Waals surface area contributed by atoms with Crippen LogP contribution in [-0.2, 0) is 11.8 Å². The first-order valence-electron chi connectivity index (χ1n) is 8.40. The third-order valence-corrected chi connectivity index (χ3v) is 4.46. The molecule has 1 amide bonds. The van der Waals surface area contributed by atoms with Gasteiger partial charge in [0.1, 0.15) is 5.15 Å². The first kappa shape index (κ1) is 19.1. The van der Waals surface area contributed by atoms with Crippen molar-refractivity contribution < 1.29 is 4.79 Å². The number of carbonyl (C=O) groups is 1. The lowest BCUT2D eigenvalue weighted by atomic mass is 10.2. The van der Waals surface area contributed by atoms with Crippen molar-refractivity contribution in [1.29, 1.82) is 0 Å². The molecule has 1 N–H and O–H groups in total. The van der Waals surface area contributed by atoms with Crippen molar-refractivity contribution >= 4 is 29.3 Å². The van der Waals surface area contributed by atoms with Crippen LogP contribution >= 0.6 is 11.6 Å². The standard InChI is InChI=1S/C19H25ClN4O/c1-15-17(19(20)24(3)22-15)11-12-18(25)21-13-7-8-14-23(2)16-9-5-4-6-10-16/h4-6,9-12H,7-8,13-14H2,1-3H3,(H,21,25)/b12-11+. The molecule has 1 heterocycles. The molecular weight excluding hydrogens is 336 g/mol. The Balaban J connectivity index is 1.68. The summed E-state index contributed by atoms with van der Waals surface area (Å²) in [4.78, 5) is 14.1. The molecule has 0 aliphatic heterocycles. The van der Waals surface area contributed by atoms with Crippen LogP contribution in [0.1, 0.15) is 24.1 Å². The molecule has 1 aromatic heterocycles. The smallest absolute Gasteiger partial charge is 0.244 e. The summed E-state index contributed by atoms with van der Waals surface area (Å²) in [5, 5.41) is 7.64. The Bertz CT molecular complexity index is 725. The molecular formula is C19H25ClN4O. The van der Waals surface area contributed by atoms with Crippen molar-refractivity contribution in [2.24, 2.45) is 7.05 Å². The Hall–Kier alpha value is -2.27. The molecule has 0 bridgehead atoms. The Morgan fingerprint density at radius 3 is 2.68 bits per heavy atom. The maximum atomic E-state index is 11.9. The number of para-hydroxylation sites is 1. The van der Waals surface area contributed by atoms with E-state index in [1.807, 2.05) is 25.1 Å². The second kappa shape index (κ2) is 9.28. The van der Waals surface area contributed by atoms with Crippen molar-refractivity contribution in [3.63, 3.8) is 0 Å². The maximum absolute atomic E-state index is 11.9. The Kier molecular flexibility index (Phi) is 7.07. The van der Waals surface area contributed by atoms with E-state index in [0.717, 1.165) is 30.6 Å². The van der Waals surface area contributed by atoms with Crippen LogP contribution in [0.5, 0.6) is 0 Å². The molecule has 0 aliphatic rings. The summed E-state index contributed by atoms with van der Waals surface area (Å²) in [5.41, 5.74) is 2.79. The molecule has 6 heteroatoms. The van der Waals surface area contributed by atoms with Gasteiger partial charge in [-0.1, -0.05) is 29.8 Å². The van der Waals surface area contributed by atoms with Crippen molar-refractivity contribution in [3.05, 3.63) is 52.8 Å². The molecule has 1 aromatic carbocycles. The minimum atomic E-state index is -0.115. The number of aromatic nitrogens is 2. The van der Waals surface area contributed by atoms with Gasteiger partial charge in [-0.05, 0) is 38.0 Å². The fourth-order valence-corrected chi connectivity index (χ4v) is 2.79. The number of amides is 1. The second-order valence-corrected chi connectivity index (χ2v) is 6.36. The van der Waals surface area contributed by atoms with Crippen LogP contribution in [0.2, 0.25) is 5.15 Å². The van der Waals surface area contributed by atoms with Crippen LogP contribution in [0.4, 0.5) is 5.69 Å². The molecule has 0 saturated carbocycles. The number of carbonyl (C=O) groups excluding carboxylic acids is 1. The highest BCUT2D eigenvalue weighted by atomic mass is 35.5. The summed E-state index contributed by atoms with van der Waals surface area (Å²) in [6.45, 7) is 3.48. The van der Waals surface area contributed by atoms with E-state index >= 15 is 0 Å². The number of aryl methyl sites for hydroxylation is 2. The molecule has 0 atom stereocenters. The van der Waals surface area contributed by atoms with Gasteiger partial charge in [0.15, 0.2) is 0 Å². The largest absolute Gasteiger partial charge is 0.375 e. The number of unbranched alkanes of at least 4 members (excludes halogenated alkanes) is 1. The van der Waals surface area contributed by atoms with Gasteiger partial charge in [0.2, 0.25) is 5.91 Å². The van der Waals surface area contributed by atoms with Gasteiger partial charge in [-0.3, -0.25) is 9.48 Å². The van der Waals surface area contributed by atoms with Gasteiger partial charge in [-0.2, -0.15) is 5.10 Å². The third kappa shape index (κ3) is 5.64. The number of nitrogens with zero attached hydrogens (tertiary/aromatic N) is 3. The summed E-state index contributed by atoms with van der Waals surface area (Å²) in [6, 6.07) is 10.3. The molecule has 0 unspecified atom stereocenters. The molecule has 2 rings (SSSR count). The van der Waals surface area contributed by atoms with Gasteiger partial charge in [0.05, 0.1) is 5.69 Å². The van der Waals surface area contributed by atoms with Gasteiger partial charge in [0.25, 0.3) is 0 Å². The summed E-state index contributed by atoms with van der Waals surface area (Å²) in [5.74, 6) is -0.115. The van der Waals surface area contributed by atoms with Gasteiger partial charge in [0, 0.05) is 44.5 Å². The van der Waals surface area contributed by atoms with E-state index in [4.69, 9.17) is 11.6 Å². The number of rotatable bonds is 8. The van der Waals surface area contributed by atoms with E-state index < -0.39 is 0 Å². The zero-order valence-electron chi connectivity index (χ0n) is 15.0. The zero-order chi connectivity index (χ0) is 18.2. The molecule has 25 heavy (non-hydrogen) atoms. The van der Waals surface area contributed by atoms with Gasteiger partial charge >= 0.3 is 0 Å². The van der Waals surface area contributed by atoms with Crippen LogP contribution < -0.4 is 10.2 Å². The molecule has 0 radical (unpaired) electrons. The number of hydrogen-bond acceptors (Lipinski definition) is 3. The molecule has 0 aliphatic carbocycles. The first-order chi connectivity index (χ1) is 12.0. The number of halogens is 1. The van der Waals surface area contributed by atoms with Crippen molar-refractivity contribution in [2.45, 2.75) is 19.8 Å². The van der Waals surface area contributed by atoms with Crippen LogP contribution in [0.25, 0.3) is 6.08 Å². The summed E-state index contributed by atoms with van der Waals surface area (Å²) in [6.07, 6.45) is 5.17.